The van der Waals surface area contributed by atoms with Crippen LogP contribution in [0.2, 0.25) is 0 Å². The molecule has 0 spiro atoms. The van der Waals surface area contributed by atoms with Gasteiger partial charge in [-0.25, -0.2) is 4.79 Å². The van der Waals surface area contributed by atoms with E-state index in [2.05, 4.69) is 16.0 Å². The maximum atomic E-state index is 12.9. The van der Waals surface area contributed by atoms with E-state index in [1.165, 1.54) is 0 Å². The number of ether oxygens (including phenoxy) is 1. The fourth-order valence-electron chi connectivity index (χ4n) is 3.45. The van der Waals surface area contributed by atoms with Crippen LogP contribution in [0.4, 0.5) is 10.5 Å². The van der Waals surface area contributed by atoms with Crippen molar-refractivity contribution in [3.8, 4) is 0 Å². The summed E-state index contributed by atoms with van der Waals surface area (Å²) in [6.45, 7) is 3.67. The Morgan fingerprint density at radius 2 is 1.38 bits per heavy atom. The molecule has 0 aliphatic heterocycles. The molecule has 3 amide bonds. The molecule has 0 radical (unpaired) electrons. The molecule has 3 aromatic carbocycles. The first-order valence-corrected chi connectivity index (χ1v) is 11.1. The zero-order chi connectivity index (χ0) is 24.3. The van der Waals surface area contributed by atoms with Crippen LogP contribution in [0.1, 0.15) is 22.3 Å². The molecule has 1 atom stereocenters. The van der Waals surface area contributed by atoms with Crippen LogP contribution in [0.5, 0.6) is 0 Å². The van der Waals surface area contributed by atoms with Gasteiger partial charge in [-0.2, -0.15) is 0 Å². The standard InChI is InChI=1S/C27H29N3O4/c1-19-10-9-11-20(2)25(19)30-24(31)17-28-26(32)23(16-21-12-5-3-6-13-21)29-27(33)34-18-22-14-7-4-8-15-22/h3-15,23H,16-18H2,1-2H3,(H,28,32)(H,29,33)(H,30,31). The molecular weight excluding hydrogens is 430 g/mol. The highest BCUT2D eigenvalue weighted by molar-refractivity contribution is 5.96. The number of nitrogens with one attached hydrogen (secondary N) is 3. The summed E-state index contributed by atoms with van der Waals surface area (Å²) in [5.74, 6) is -0.826. The molecule has 34 heavy (non-hydrogen) atoms. The molecule has 0 aromatic heterocycles. The van der Waals surface area contributed by atoms with Gasteiger partial charge in [-0.3, -0.25) is 9.59 Å². The third kappa shape index (κ3) is 7.48. The van der Waals surface area contributed by atoms with Gasteiger partial charge in [-0.15, -0.1) is 0 Å². The molecule has 3 rings (SSSR count). The summed E-state index contributed by atoms with van der Waals surface area (Å²) in [4.78, 5) is 37.7. The van der Waals surface area contributed by atoms with Gasteiger partial charge in [0.2, 0.25) is 11.8 Å². The summed E-state index contributed by atoms with van der Waals surface area (Å²) < 4.78 is 5.27. The molecule has 0 fully saturated rings. The van der Waals surface area contributed by atoms with Crippen molar-refractivity contribution >= 4 is 23.6 Å². The Kier molecular flexibility index (Phi) is 8.80. The Morgan fingerprint density at radius 1 is 0.794 bits per heavy atom. The van der Waals surface area contributed by atoms with Gasteiger partial charge in [0.15, 0.2) is 0 Å². The lowest BCUT2D eigenvalue weighted by molar-refractivity contribution is -0.125. The predicted molar refractivity (Wildman–Crippen MR) is 131 cm³/mol. The fraction of sp³-hybridized carbons (Fsp3) is 0.222. The number of aryl methyl sites for hydroxylation is 2. The van der Waals surface area contributed by atoms with Gasteiger partial charge in [-0.1, -0.05) is 78.9 Å². The third-order valence-corrected chi connectivity index (χ3v) is 5.27. The topological polar surface area (TPSA) is 96.5 Å². The number of hydrogen-bond acceptors (Lipinski definition) is 4. The molecule has 0 aliphatic carbocycles. The molecule has 7 nitrogen and oxygen atoms in total. The Morgan fingerprint density at radius 3 is 2.00 bits per heavy atom. The number of anilines is 1. The Labute approximate surface area is 199 Å². The van der Waals surface area contributed by atoms with Gasteiger partial charge in [0.25, 0.3) is 0 Å². The van der Waals surface area contributed by atoms with Gasteiger partial charge in [0.1, 0.15) is 12.6 Å². The monoisotopic (exact) mass is 459 g/mol. The molecular formula is C27H29N3O4. The van der Waals surface area contributed by atoms with E-state index in [0.29, 0.717) is 0 Å². The van der Waals surface area contributed by atoms with E-state index in [0.717, 1.165) is 27.9 Å². The summed E-state index contributed by atoms with van der Waals surface area (Å²) in [5, 5.41) is 8.08. The summed E-state index contributed by atoms with van der Waals surface area (Å²) in [6, 6.07) is 23.4. The summed E-state index contributed by atoms with van der Waals surface area (Å²) >= 11 is 0. The molecule has 7 heteroatoms. The Hall–Kier alpha value is -4.13. The maximum absolute atomic E-state index is 12.9. The van der Waals surface area contributed by atoms with E-state index in [-0.39, 0.29) is 25.5 Å². The van der Waals surface area contributed by atoms with Crippen LogP contribution in [0.25, 0.3) is 0 Å². The lowest BCUT2D eigenvalue weighted by Crippen LogP contribution is -2.49. The van der Waals surface area contributed by atoms with Crippen LogP contribution in [0.15, 0.2) is 78.9 Å². The Bertz CT molecular complexity index is 1100. The highest BCUT2D eigenvalue weighted by Crippen LogP contribution is 2.19. The third-order valence-electron chi connectivity index (χ3n) is 5.27. The minimum absolute atomic E-state index is 0.0878. The van der Waals surface area contributed by atoms with Crippen LogP contribution < -0.4 is 16.0 Å². The van der Waals surface area contributed by atoms with Crippen molar-refractivity contribution in [3.05, 3.63) is 101 Å². The SMILES string of the molecule is Cc1cccc(C)c1NC(=O)CNC(=O)C(Cc1ccccc1)NC(=O)OCc1ccccc1. The molecule has 1 unspecified atom stereocenters. The van der Waals surface area contributed by atoms with Crippen molar-refractivity contribution in [2.75, 3.05) is 11.9 Å². The number of carbonyl (C=O) groups excluding carboxylic acids is 3. The summed E-state index contributed by atoms with van der Waals surface area (Å²) in [7, 11) is 0. The number of alkyl carbamates (subject to hydrolysis) is 1. The molecule has 0 bridgehead atoms. The smallest absolute Gasteiger partial charge is 0.408 e. The van der Waals surface area contributed by atoms with E-state index in [1.807, 2.05) is 92.7 Å². The lowest BCUT2D eigenvalue weighted by Gasteiger charge is -2.19. The molecule has 3 N–H and O–H groups in total. The average molecular weight is 460 g/mol. The first-order valence-electron chi connectivity index (χ1n) is 11.1. The van der Waals surface area contributed by atoms with Gasteiger partial charge in [-0.05, 0) is 36.1 Å². The predicted octanol–water partition coefficient (Wildman–Crippen LogP) is 3.90. The zero-order valence-corrected chi connectivity index (χ0v) is 19.3. The zero-order valence-electron chi connectivity index (χ0n) is 19.3. The van der Waals surface area contributed by atoms with E-state index in [4.69, 9.17) is 4.74 Å². The van der Waals surface area contributed by atoms with Gasteiger partial charge in [0.05, 0.1) is 6.54 Å². The highest BCUT2D eigenvalue weighted by Gasteiger charge is 2.23. The number of amides is 3. The second kappa shape index (κ2) is 12.2. The largest absolute Gasteiger partial charge is 0.445 e. The van der Waals surface area contributed by atoms with Crippen molar-refractivity contribution in [2.45, 2.75) is 32.9 Å². The molecule has 0 saturated heterocycles. The van der Waals surface area contributed by atoms with Gasteiger partial charge in [0, 0.05) is 12.1 Å². The van der Waals surface area contributed by atoms with E-state index in [9.17, 15) is 14.4 Å². The molecule has 176 valence electrons. The minimum Gasteiger partial charge on any atom is -0.445 e. The van der Waals surface area contributed by atoms with Gasteiger partial charge >= 0.3 is 6.09 Å². The van der Waals surface area contributed by atoms with Crippen LogP contribution in [-0.4, -0.2) is 30.5 Å². The molecule has 0 aliphatic rings. The maximum Gasteiger partial charge on any atom is 0.408 e. The van der Waals surface area contributed by atoms with Crippen molar-refractivity contribution in [3.63, 3.8) is 0 Å². The fourth-order valence-corrected chi connectivity index (χ4v) is 3.45. The number of hydrogen-bond donors (Lipinski definition) is 3. The number of benzene rings is 3. The second-order valence-electron chi connectivity index (χ2n) is 7.98. The van der Waals surface area contributed by atoms with Crippen LogP contribution >= 0.6 is 0 Å². The molecule has 0 heterocycles. The van der Waals surface area contributed by atoms with Crippen LogP contribution in [0, 0.1) is 13.8 Å². The number of carbonyl (C=O) groups is 3. The quantitative estimate of drug-likeness (QED) is 0.452. The Balaban J connectivity index is 1.59. The van der Waals surface area contributed by atoms with Crippen LogP contribution in [0.3, 0.4) is 0 Å². The van der Waals surface area contributed by atoms with E-state index >= 15 is 0 Å². The van der Waals surface area contributed by atoms with Crippen molar-refractivity contribution in [1.29, 1.82) is 0 Å². The number of para-hydroxylation sites is 1. The van der Waals surface area contributed by atoms with Gasteiger partial charge < -0.3 is 20.7 Å². The second-order valence-corrected chi connectivity index (χ2v) is 7.98. The average Bonchev–Trinajstić information content (AvgIpc) is 2.84. The highest BCUT2D eigenvalue weighted by atomic mass is 16.5. The first-order chi connectivity index (χ1) is 16.4. The van der Waals surface area contributed by atoms with Crippen molar-refractivity contribution in [2.24, 2.45) is 0 Å². The van der Waals surface area contributed by atoms with Crippen LogP contribution in [-0.2, 0) is 27.4 Å². The summed E-state index contributed by atoms with van der Waals surface area (Å²) in [6.07, 6.45) is -0.453. The molecule has 0 saturated carbocycles. The first kappa shape index (κ1) is 24.5. The lowest BCUT2D eigenvalue weighted by atomic mass is 10.1. The minimum atomic E-state index is -0.904. The van der Waals surface area contributed by atoms with E-state index in [1.54, 1.807) is 0 Å². The molecule has 3 aromatic rings. The van der Waals surface area contributed by atoms with Crippen molar-refractivity contribution in [1.82, 2.24) is 10.6 Å². The number of rotatable bonds is 9. The van der Waals surface area contributed by atoms with E-state index < -0.39 is 18.0 Å². The van der Waals surface area contributed by atoms with Crippen molar-refractivity contribution < 1.29 is 19.1 Å². The normalized spacial score (nSPS) is 11.2. The summed E-state index contributed by atoms with van der Waals surface area (Å²) in [5.41, 5.74) is 4.30.